The molecule has 0 amide bonds. The van der Waals surface area contributed by atoms with Crippen molar-refractivity contribution in [1.82, 2.24) is 9.88 Å². The Morgan fingerprint density at radius 2 is 2.18 bits per heavy atom. The van der Waals surface area contributed by atoms with E-state index in [-0.39, 0.29) is 0 Å². The van der Waals surface area contributed by atoms with Crippen LogP contribution in [0.25, 0.3) is 0 Å². The van der Waals surface area contributed by atoms with Gasteiger partial charge in [-0.25, -0.2) is 0 Å². The average molecular weight is 257 g/mol. The van der Waals surface area contributed by atoms with Gasteiger partial charge in [-0.2, -0.15) is 0 Å². The number of aromatic nitrogens is 1. The van der Waals surface area contributed by atoms with Gasteiger partial charge >= 0.3 is 0 Å². The van der Waals surface area contributed by atoms with Crippen LogP contribution in [0.15, 0.2) is 18.5 Å². The molecule has 96 valence electrons. The van der Waals surface area contributed by atoms with Crippen LogP contribution in [-0.4, -0.2) is 36.1 Å². The van der Waals surface area contributed by atoms with Crippen molar-refractivity contribution in [3.05, 3.63) is 23.5 Å². The normalized spacial score (nSPS) is 11.2. The van der Waals surface area contributed by atoms with Crippen molar-refractivity contribution in [2.75, 3.05) is 26.2 Å². The Hall–Kier alpha value is -0.800. The molecule has 0 saturated carbocycles. The highest BCUT2D eigenvalue weighted by Gasteiger charge is 2.05. The molecule has 0 aliphatic heterocycles. The van der Waals surface area contributed by atoms with E-state index in [4.69, 9.17) is 16.3 Å². The summed E-state index contributed by atoms with van der Waals surface area (Å²) < 4.78 is 5.61. The largest absolute Gasteiger partial charge is 0.491 e. The predicted molar refractivity (Wildman–Crippen MR) is 71.7 cm³/mol. The average Bonchev–Trinajstić information content (AvgIpc) is 2.27. The molecule has 4 heteroatoms. The molecule has 3 nitrogen and oxygen atoms in total. The van der Waals surface area contributed by atoms with Crippen LogP contribution >= 0.6 is 11.6 Å². The van der Waals surface area contributed by atoms with Gasteiger partial charge in [-0.3, -0.25) is 9.88 Å². The first-order valence-corrected chi connectivity index (χ1v) is 6.45. The van der Waals surface area contributed by atoms with E-state index in [0.29, 0.717) is 17.5 Å². The summed E-state index contributed by atoms with van der Waals surface area (Å²) in [6.07, 6.45) is 3.29. The monoisotopic (exact) mass is 256 g/mol. The minimum Gasteiger partial charge on any atom is -0.491 e. The molecule has 1 rings (SSSR count). The molecule has 1 aromatic heterocycles. The van der Waals surface area contributed by atoms with E-state index in [1.165, 1.54) is 0 Å². The van der Waals surface area contributed by atoms with Crippen molar-refractivity contribution in [3.8, 4) is 5.75 Å². The van der Waals surface area contributed by atoms with Crippen LogP contribution in [0.2, 0.25) is 5.02 Å². The van der Waals surface area contributed by atoms with Crippen LogP contribution in [0.4, 0.5) is 0 Å². The first kappa shape index (κ1) is 14.3. The quantitative estimate of drug-likeness (QED) is 0.750. The lowest BCUT2D eigenvalue weighted by Gasteiger charge is -2.22. The molecular formula is C13H21ClN2O. The SMILES string of the molecule is CCN(CCOc1cncc(Cl)c1)CC(C)C. The molecular weight excluding hydrogens is 236 g/mol. The van der Waals surface area contributed by atoms with Crippen molar-refractivity contribution < 1.29 is 4.74 Å². The lowest BCUT2D eigenvalue weighted by Crippen LogP contribution is -2.31. The summed E-state index contributed by atoms with van der Waals surface area (Å²) in [5, 5.41) is 0.608. The summed E-state index contributed by atoms with van der Waals surface area (Å²) in [5.41, 5.74) is 0. The second-order valence-electron chi connectivity index (χ2n) is 4.47. The van der Waals surface area contributed by atoms with Crippen LogP contribution in [0.3, 0.4) is 0 Å². The van der Waals surface area contributed by atoms with Gasteiger partial charge in [-0.05, 0) is 12.5 Å². The number of pyridine rings is 1. The van der Waals surface area contributed by atoms with E-state index in [9.17, 15) is 0 Å². The molecule has 0 N–H and O–H groups in total. The number of halogens is 1. The number of rotatable bonds is 7. The fourth-order valence-corrected chi connectivity index (χ4v) is 1.82. The minimum absolute atomic E-state index is 0.608. The third-order valence-electron chi connectivity index (χ3n) is 2.43. The zero-order valence-electron chi connectivity index (χ0n) is 10.8. The fourth-order valence-electron chi connectivity index (χ4n) is 1.66. The number of ether oxygens (including phenoxy) is 1. The highest BCUT2D eigenvalue weighted by molar-refractivity contribution is 6.30. The zero-order valence-corrected chi connectivity index (χ0v) is 11.6. The number of likely N-dealkylation sites (N-methyl/N-ethyl adjacent to an activating group) is 1. The number of hydrogen-bond acceptors (Lipinski definition) is 3. The van der Waals surface area contributed by atoms with Crippen molar-refractivity contribution in [2.24, 2.45) is 5.92 Å². The standard InChI is InChI=1S/C13H21ClN2O/c1-4-16(10-11(2)3)5-6-17-13-7-12(14)8-15-9-13/h7-9,11H,4-6,10H2,1-3H3. The molecule has 0 spiro atoms. The van der Waals surface area contributed by atoms with E-state index < -0.39 is 0 Å². The van der Waals surface area contributed by atoms with Crippen LogP contribution in [-0.2, 0) is 0 Å². The van der Waals surface area contributed by atoms with Crippen LogP contribution in [0.1, 0.15) is 20.8 Å². The molecule has 0 bridgehead atoms. The van der Waals surface area contributed by atoms with Gasteiger partial charge < -0.3 is 4.74 Å². The van der Waals surface area contributed by atoms with E-state index in [2.05, 4.69) is 30.7 Å². The Bertz CT molecular complexity index is 331. The first-order chi connectivity index (χ1) is 8.11. The third-order valence-corrected chi connectivity index (χ3v) is 2.63. The second kappa shape index (κ2) is 7.51. The molecule has 17 heavy (non-hydrogen) atoms. The fraction of sp³-hybridized carbons (Fsp3) is 0.615. The van der Waals surface area contributed by atoms with Crippen LogP contribution in [0, 0.1) is 5.92 Å². The van der Waals surface area contributed by atoms with Gasteiger partial charge in [0.15, 0.2) is 0 Å². The number of nitrogens with zero attached hydrogens (tertiary/aromatic N) is 2. The Kier molecular flexibility index (Phi) is 6.30. The zero-order chi connectivity index (χ0) is 12.7. The van der Waals surface area contributed by atoms with Gasteiger partial charge in [0.25, 0.3) is 0 Å². The molecule has 1 aromatic rings. The molecule has 1 heterocycles. The molecule has 0 saturated heterocycles. The molecule has 0 aromatic carbocycles. The van der Waals surface area contributed by atoms with Gasteiger partial charge in [0.1, 0.15) is 12.4 Å². The Labute approximate surface area is 109 Å². The summed E-state index contributed by atoms with van der Waals surface area (Å²) in [4.78, 5) is 6.36. The maximum atomic E-state index is 5.83. The highest BCUT2D eigenvalue weighted by atomic mass is 35.5. The molecule has 0 radical (unpaired) electrons. The van der Waals surface area contributed by atoms with Crippen LogP contribution in [0.5, 0.6) is 5.75 Å². The lowest BCUT2D eigenvalue weighted by molar-refractivity contribution is 0.199. The Balaban J connectivity index is 2.31. The maximum absolute atomic E-state index is 5.83. The van der Waals surface area contributed by atoms with Gasteiger partial charge in [-0.1, -0.05) is 32.4 Å². The van der Waals surface area contributed by atoms with Crippen molar-refractivity contribution in [3.63, 3.8) is 0 Å². The molecule has 0 atom stereocenters. The minimum atomic E-state index is 0.608. The lowest BCUT2D eigenvalue weighted by atomic mass is 10.2. The molecule has 0 aliphatic carbocycles. The summed E-state index contributed by atoms with van der Waals surface area (Å²) in [6, 6.07) is 1.79. The van der Waals surface area contributed by atoms with Gasteiger partial charge in [-0.15, -0.1) is 0 Å². The van der Waals surface area contributed by atoms with Crippen molar-refractivity contribution >= 4 is 11.6 Å². The number of hydrogen-bond donors (Lipinski definition) is 0. The molecule has 0 aliphatic rings. The van der Waals surface area contributed by atoms with E-state index >= 15 is 0 Å². The van der Waals surface area contributed by atoms with Crippen molar-refractivity contribution in [2.45, 2.75) is 20.8 Å². The summed E-state index contributed by atoms with van der Waals surface area (Å²) in [7, 11) is 0. The smallest absolute Gasteiger partial charge is 0.139 e. The third kappa shape index (κ3) is 5.89. The highest BCUT2D eigenvalue weighted by Crippen LogP contribution is 2.14. The van der Waals surface area contributed by atoms with Gasteiger partial charge in [0, 0.05) is 25.4 Å². The second-order valence-corrected chi connectivity index (χ2v) is 4.91. The summed E-state index contributed by atoms with van der Waals surface area (Å²) in [6.45, 7) is 10.4. The van der Waals surface area contributed by atoms with E-state index in [0.717, 1.165) is 25.4 Å². The molecule has 0 unspecified atom stereocenters. The predicted octanol–water partition coefficient (Wildman–Crippen LogP) is 3.09. The topological polar surface area (TPSA) is 25.4 Å². The van der Waals surface area contributed by atoms with E-state index in [1.54, 1.807) is 18.5 Å². The Morgan fingerprint density at radius 1 is 1.41 bits per heavy atom. The van der Waals surface area contributed by atoms with Gasteiger partial charge in [0.2, 0.25) is 0 Å². The Morgan fingerprint density at radius 3 is 2.76 bits per heavy atom. The maximum Gasteiger partial charge on any atom is 0.139 e. The summed E-state index contributed by atoms with van der Waals surface area (Å²) in [5.74, 6) is 1.42. The van der Waals surface area contributed by atoms with E-state index in [1.807, 2.05) is 0 Å². The van der Waals surface area contributed by atoms with Gasteiger partial charge in [0.05, 0.1) is 11.2 Å². The van der Waals surface area contributed by atoms with Crippen LogP contribution < -0.4 is 4.74 Å². The molecule has 0 fully saturated rings. The summed E-state index contributed by atoms with van der Waals surface area (Å²) >= 11 is 5.83. The first-order valence-electron chi connectivity index (χ1n) is 6.07. The van der Waals surface area contributed by atoms with Crippen molar-refractivity contribution in [1.29, 1.82) is 0 Å².